The van der Waals surface area contributed by atoms with E-state index in [1.807, 2.05) is 60.7 Å². The summed E-state index contributed by atoms with van der Waals surface area (Å²) in [5.74, 6) is -1.21. The topological polar surface area (TPSA) is 128 Å². The number of nitrogens with two attached hydrogens (primary N) is 1. The van der Waals surface area contributed by atoms with Crippen molar-refractivity contribution in [2.24, 2.45) is 5.73 Å². The molecule has 0 bridgehead atoms. The Morgan fingerprint density at radius 1 is 0.969 bits per heavy atom. The summed E-state index contributed by atoms with van der Waals surface area (Å²) in [6.07, 6.45) is 0.761. The maximum absolute atomic E-state index is 12.5. The predicted molar refractivity (Wildman–Crippen MR) is 123 cm³/mol. The number of carbonyl (C=O) groups is 2. The smallest absolute Gasteiger partial charge is 0.324 e. The van der Waals surface area contributed by atoms with Gasteiger partial charge in [0.15, 0.2) is 0 Å². The lowest BCUT2D eigenvalue weighted by Gasteiger charge is -2.18. The first-order valence-electron chi connectivity index (χ1n) is 10.6. The molecule has 0 heterocycles. The molecule has 0 fully saturated rings. The number of hydrogen-bond acceptors (Lipinski definition) is 6. The number of esters is 1. The third kappa shape index (κ3) is 9.17. The van der Waals surface area contributed by atoms with Gasteiger partial charge in [-0.1, -0.05) is 60.7 Å². The van der Waals surface area contributed by atoms with E-state index in [-0.39, 0.29) is 37.7 Å². The molecule has 8 nitrogen and oxygen atoms in total. The summed E-state index contributed by atoms with van der Waals surface area (Å²) < 4.78 is 32.5. The van der Waals surface area contributed by atoms with Crippen molar-refractivity contribution in [3.63, 3.8) is 0 Å². The summed E-state index contributed by atoms with van der Waals surface area (Å²) >= 11 is 0. The number of carbonyl (C=O) groups excluding carboxylic acids is 2. The van der Waals surface area contributed by atoms with Crippen LogP contribution < -0.4 is 15.8 Å². The van der Waals surface area contributed by atoms with Crippen LogP contribution in [0.2, 0.25) is 0 Å². The van der Waals surface area contributed by atoms with E-state index in [0.717, 1.165) is 11.1 Å². The first-order chi connectivity index (χ1) is 15.3. The molecule has 2 unspecified atom stereocenters. The zero-order valence-electron chi connectivity index (χ0n) is 18.2. The first-order valence-corrected chi connectivity index (χ1v) is 12.2. The summed E-state index contributed by atoms with van der Waals surface area (Å²) in [6.45, 7) is 1.98. The molecule has 2 aromatic carbocycles. The summed E-state index contributed by atoms with van der Waals surface area (Å²) in [5.41, 5.74) is 7.69. The molecule has 9 heteroatoms. The highest BCUT2D eigenvalue weighted by Crippen LogP contribution is 2.07. The Balaban J connectivity index is 1.82. The molecule has 0 saturated heterocycles. The van der Waals surface area contributed by atoms with Gasteiger partial charge in [0.1, 0.15) is 6.04 Å². The normalized spacial score (nSPS) is 13.2. The summed E-state index contributed by atoms with van der Waals surface area (Å²) in [5, 5.41) is 2.66. The Bertz CT molecular complexity index is 952. The van der Waals surface area contributed by atoms with Crippen LogP contribution in [0.1, 0.15) is 24.5 Å². The number of sulfonamides is 1. The Hall–Kier alpha value is -2.75. The van der Waals surface area contributed by atoms with Crippen molar-refractivity contribution in [1.29, 1.82) is 0 Å². The van der Waals surface area contributed by atoms with Crippen LogP contribution in [0.15, 0.2) is 60.7 Å². The highest BCUT2D eigenvalue weighted by Gasteiger charge is 2.26. The fraction of sp³-hybridized carbons (Fsp3) is 0.391. The van der Waals surface area contributed by atoms with Gasteiger partial charge in [-0.15, -0.1) is 0 Å². The van der Waals surface area contributed by atoms with Crippen molar-refractivity contribution in [3.8, 4) is 0 Å². The average molecular weight is 462 g/mol. The van der Waals surface area contributed by atoms with Gasteiger partial charge in [0.2, 0.25) is 15.9 Å². The Morgan fingerprint density at radius 3 is 2.09 bits per heavy atom. The molecule has 1 amide bonds. The molecule has 0 saturated carbocycles. The van der Waals surface area contributed by atoms with Crippen molar-refractivity contribution in [2.45, 2.75) is 38.3 Å². The Morgan fingerprint density at radius 2 is 1.53 bits per heavy atom. The average Bonchev–Trinajstić information content (AvgIpc) is 2.77. The number of ether oxygens (including phenoxy) is 1. The fourth-order valence-corrected chi connectivity index (χ4v) is 4.36. The van der Waals surface area contributed by atoms with Gasteiger partial charge in [-0.2, -0.15) is 0 Å². The number of benzene rings is 2. The lowest BCUT2D eigenvalue weighted by molar-refractivity contribution is -0.145. The first kappa shape index (κ1) is 25.5. The maximum atomic E-state index is 12.5. The second-order valence-corrected chi connectivity index (χ2v) is 9.25. The molecule has 0 radical (unpaired) electrons. The van der Waals surface area contributed by atoms with Crippen molar-refractivity contribution >= 4 is 21.9 Å². The SMILES string of the molecule is CCOC(=O)C(Cc1ccccc1)NS(=O)(=O)CCCNC(=O)C(N)Cc1ccccc1. The van der Waals surface area contributed by atoms with Gasteiger partial charge in [0.25, 0.3) is 0 Å². The van der Waals surface area contributed by atoms with Gasteiger partial charge in [-0.25, -0.2) is 13.1 Å². The molecule has 0 aliphatic heterocycles. The highest BCUT2D eigenvalue weighted by atomic mass is 32.2. The van der Waals surface area contributed by atoms with Crippen LogP contribution in [0.5, 0.6) is 0 Å². The molecule has 0 aliphatic carbocycles. The van der Waals surface area contributed by atoms with Gasteiger partial charge in [-0.3, -0.25) is 9.59 Å². The largest absolute Gasteiger partial charge is 0.465 e. The van der Waals surface area contributed by atoms with Crippen LogP contribution in [0.3, 0.4) is 0 Å². The molecule has 0 spiro atoms. The number of nitrogens with one attached hydrogen (secondary N) is 2. The highest BCUT2D eigenvalue weighted by molar-refractivity contribution is 7.89. The van der Waals surface area contributed by atoms with Crippen molar-refractivity contribution in [2.75, 3.05) is 18.9 Å². The van der Waals surface area contributed by atoms with Crippen molar-refractivity contribution in [3.05, 3.63) is 71.8 Å². The third-order valence-electron chi connectivity index (χ3n) is 4.70. The molecule has 2 atom stereocenters. The Kier molecular flexibility index (Phi) is 10.3. The van der Waals surface area contributed by atoms with Gasteiger partial charge >= 0.3 is 5.97 Å². The van der Waals surface area contributed by atoms with Crippen LogP contribution in [-0.4, -0.2) is 51.3 Å². The third-order valence-corrected chi connectivity index (χ3v) is 6.17. The molecule has 0 aromatic heterocycles. The fourth-order valence-electron chi connectivity index (χ4n) is 3.11. The van der Waals surface area contributed by atoms with Crippen LogP contribution >= 0.6 is 0 Å². The summed E-state index contributed by atoms with van der Waals surface area (Å²) in [7, 11) is -3.76. The minimum Gasteiger partial charge on any atom is -0.465 e. The standard InChI is InChI=1S/C23H31N3O5S/c1-2-31-23(28)21(17-19-12-7-4-8-13-19)26-32(29,30)15-9-14-25-22(27)20(24)16-18-10-5-3-6-11-18/h3-8,10-13,20-21,26H,2,9,14-17,24H2,1H3,(H,25,27). The van der Waals surface area contributed by atoms with E-state index < -0.39 is 28.1 Å². The molecule has 2 aromatic rings. The van der Waals surface area contributed by atoms with Gasteiger partial charge in [0.05, 0.1) is 18.4 Å². The molecule has 0 aliphatic rings. The van der Waals surface area contributed by atoms with Crippen molar-refractivity contribution < 1.29 is 22.7 Å². The molecule has 32 heavy (non-hydrogen) atoms. The molecule has 2 rings (SSSR count). The monoisotopic (exact) mass is 461 g/mol. The van der Waals surface area contributed by atoms with E-state index in [1.54, 1.807) is 6.92 Å². The van der Waals surface area contributed by atoms with Crippen LogP contribution in [0.25, 0.3) is 0 Å². The van der Waals surface area contributed by atoms with Crippen LogP contribution in [-0.2, 0) is 37.2 Å². The lowest BCUT2D eigenvalue weighted by Crippen LogP contribution is -2.45. The van der Waals surface area contributed by atoms with E-state index in [9.17, 15) is 18.0 Å². The van der Waals surface area contributed by atoms with Crippen LogP contribution in [0.4, 0.5) is 0 Å². The Labute approximate surface area is 189 Å². The van der Waals surface area contributed by atoms with E-state index >= 15 is 0 Å². The van der Waals surface area contributed by atoms with Gasteiger partial charge in [-0.05, 0) is 37.3 Å². The predicted octanol–water partition coefficient (Wildman–Crippen LogP) is 1.16. The molecule has 174 valence electrons. The van der Waals surface area contributed by atoms with Crippen molar-refractivity contribution in [1.82, 2.24) is 10.0 Å². The lowest BCUT2D eigenvalue weighted by atomic mass is 10.1. The van der Waals surface area contributed by atoms with E-state index in [1.165, 1.54) is 0 Å². The van der Waals surface area contributed by atoms with E-state index in [4.69, 9.17) is 10.5 Å². The minimum absolute atomic E-state index is 0.154. The second-order valence-electron chi connectivity index (χ2n) is 7.37. The zero-order chi connectivity index (χ0) is 23.4. The summed E-state index contributed by atoms with van der Waals surface area (Å²) in [6, 6.07) is 16.8. The number of amides is 1. The van der Waals surface area contributed by atoms with E-state index in [2.05, 4.69) is 10.0 Å². The van der Waals surface area contributed by atoms with Gasteiger partial charge in [0, 0.05) is 6.54 Å². The van der Waals surface area contributed by atoms with Crippen LogP contribution in [0, 0.1) is 0 Å². The zero-order valence-corrected chi connectivity index (χ0v) is 19.0. The second kappa shape index (κ2) is 12.9. The maximum Gasteiger partial charge on any atom is 0.324 e. The molecular weight excluding hydrogens is 430 g/mol. The minimum atomic E-state index is -3.76. The molecular formula is C23H31N3O5S. The summed E-state index contributed by atoms with van der Waals surface area (Å²) in [4.78, 5) is 24.4. The quantitative estimate of drug-likeness (QED) is 0.303. The molecule has 4 N–H and O–H groups in total. The number of hydrogen-bond donors (Lipinski definition) is 3. The van der Waals surface area contributed by atoms with E-state index in [0.29, 0.717) is 6.42 Å². The number of rotatable bonds is 13. The van der Waals surface area contributed by atoms with Gasteiger partial charge < -0.3 is 15.8 Å².